The largest absolute Gasteiger partial charge is 0.253 e. The molecule has 0 unspecified atom stereocenters. The quantitative estimate of drug-likeness (QED) is 0.232. The van der Waals surface area contributed by atoms with E-state index in [0.717, 1.165) is 59.6 Å². The molecule has 2 fully saturated rings. The van der Waals surface area contributed by atoms with E-state index in [1.807, 2.05) is 36.4 Å². The maximum atomic E-state index is 13.3. The van der Waals surface area contributed by atoms with E-state index in [0.29, 0.717) is 11.8 Å². The van der Waals surface area contributed by atoms with Gasteiger partial charge in [0.2, 0.25) is 9.84 Å². The van der Waals surface area contributed by atoms with E-state index in [2.05, 4.69) is 24.3 Å². The first-order chi connectivity index (χ1) is 18.1. The standard InChI is InChI=1S/C32H28N2O2S/c35-37(36,29-19-15-27(16-20-29)33-31(25-11-12-25)23-7-3-1-4-8-23)30-21-17-28(18-22-30)34-32(26-13-14-26)24-9-5-2-6-10-24/h1-10,15-22,25-26H,11-14H2. The predicted molar refractivity (Wildman–Crippen MR) is 149 cm³/mol. The summed E-state index contributed by atoms with van der Waals surface area (Å²) < 4.78 is 26.6. The van der Waals surface area contributed by atoms with Gasteiger partial charge < -0.3 is 0 Å². The molecule has 0 N–H and O–H groups in total. The Kier molecular flexibility index (Phi) is 6.31. The summed E-state index contributed by atoms with van der Waals surface area (Å²) in [4.78, 5) is 10.3. The second-order valence-electron chi connectivity index (χ2n) is 9.77. The number of hydrogen-bond donors (Lipinski definition) is 0. The molecule has 0 aromatic heterocycles. The Morgan fingerprint density at radius 2 is 0.865 bits per heavy atom. The summed E-state index contributed by atoms with van der Waals surface area (Å²) in [5.41, 5.74) is 5.94. The van der Waals surface area contributed by atoms with Crippen molar-refractivity contribution in [3.05, 3.63) is 120 Å². The maximum absolute atomic E-state index is 13.3. The normalized spacial score (nSPS) is 16.5. The molecule has 5 heteroatoms. The molecule has 0 bridgehead atoms. The Bertz CT molecular complexity index is 1430. The Morgan fingerprint density at radius 1 is 0.514 bits per heavy atom. The van der Waals surface area contributed by atoms with Crippen molar-refractivity contribution in [2.24, 2.45) is 21.8 Å². The third kappa shape index (κ3) is 5.32. The van der Waals surface area contributed by atoms with Gasteiger partial charge in [-0.3, -0.25) is 9.98 Å². The molecule has 0 aliphatic heterocycles. The van der Waals surface area contributed by atoms with E-state index < -0.39 is 9.84 Å². The predicted octanol–water partition coefficient (Wildman–Crippen LogP) is 7.58. The summed E-state index contributed by atoms with van der Waals surface area (Å²) in [6.45, 7) is 0. The molecule has 0 heterocycles. The third-order valence-corrected chi connectivity index (χ3v) is 8.65. The summed E-state index contributed by atoms with van der Waals surface area (Å²) in [6, 6.07) is 34.2. The van der Waals surface area contributed by atoms with Gasteiger partial charge in [-0.2, -0.15) is 0 Å². The molecule has 0 saturated heterocycles. The fraction of sp³-hybridized carbons (Fsp3) is 0.188. The van der Waals surface area contributed by atoms with Crippen molar-refractivity contribution in [2.45, 2.75) is 35.5 Å². The number of hydrogen-bond acceptors (Lipinski definition) is 4. The Hall–Kier alpha value is -3.83. The van der Waals surface area contributed by atoms with Gasteiger partial charge >= 0.3 is 0 Å². The number of rotatable bonds is 8. The Morgan fingerprint density at radius 3 is 1.19 bits per heavy atom. The van der Waals surface area contributed by atoms with Crippen molar-refractivity contribution in [3.8, 4) is 0 Å². The lowest BCUT2D eigenvalue weighted by Gasteiger charge is -2.08. The monoisotopic (exact) mass is 504 g/mol. The average Bonchev–Trinajstić information content (AvgIpc) is 3.87. The number of sulfone groups is 1. The highest BCUT2D eigenvalue weighted by atomic mass is 32.2. The smallest absolute Gasteiger partial charge is 0.206 e. The lowest BCUT2D eigenvalue weighted by Crippen LogP contribution is -2.04. The maximum Gasteiger partial charge on any atom is 0.206 e. The minimum atomic E-state index is -3.64. The van der Waals surface area contributed by atoms with Crippen molar-refractivity contribution < 1.29 is 8.42 Å². The molecule has 37 heavy (non-hydrogen) atoms. The average molecular weight is 505 g/mol. The van der Waals surface area contributed by atoms with Crippen LogP contribution in [0.1, 0.15) is 36.8 Å². The van der Waals surface area contributed by atoms with Crippen molar-refractivity contribution in [3.63, 3.8) is 0 Å². The highest BCUT2D eigenvalue weighted by molar-refractivity contribution is 7.91. The van der Waals surface area contributed by atoms with Gasteiger partial charge in [0.25, 0.3) is 0 Å². The first kappa shape index (κ1) is 23.6. The molecular weight excluding hydrogens is 476 g/mol. The van der Waals surface area contributed by atoms with E-state index in [1.165, 1.54) is 0 Å². The Balaban J connectivity index is 1.23. The van der Waals surface area contributed by atoms with E-state index in [1.54, 1.807) is 48.5 Å². The molecular formula is C32H28N2O2S. The third-order valence-electron chi connectivity index (χ3n) is 6.86. The fourth-order valence-corrected chi connectivity index (χ4v) is 5.79. The van der Waals surface area contributed by atoms with Crippen LogP contribution in [0.25, 0.3) is 0 Å². The van der Waals surface area contributed by atoms with Crippen molar-refractivity contribution in [1.82, 2.24) is 0 Å². The Labute approximate surface area is 218 Å². The van der Waals surface area contributed by atoms with Crippen molar-refractivity contribution in [2.75, 3.05) is 0 Å². The molecule has 2 aliphatic rings. The zero-order chi connectivity index (χ0) is 25.2. The first-order valence-corrected chi connectivity index (χ1v) is 14.3. The van der Waals surface area contributed by atoms with Crippen LogP contribution < -0.4 is 0 Å². The molecule has 6 rings (SSSR count). The number of nitrogens with zero attached hydrogens (tertiary/aromatic N) is 2. The zero-order valence-corrected chi connectivity index (χ0v) is 21.3. The van der Waals surface area contributed by atoms with Gasteiger partial charge in [-0.1, -0.05) is 60.7 Å². The van der Waals surface area contributed by atoms with E-state index >= 15 is 0 Å². The number of aliphatic imine (C=N–C) groups is 2. The summed E-state index contributed by atoms with van der Waals surface area (Å²) in [5.74, 6) is 0.962. The SMILES string of the molecule is O=S(=O)(c1ccc(N=C(c2ccccc2)C2CC2)cc1)c1ccc(N=C(c2ccccc2)C2CC2)cc1. The van der Waals surface area contributed by atoms with Crippen LogP contribution in [0.4, 0.5) is 11.4 Å². The van der Waals surface area contributed by atoms with Crippen LogP contribution in [0.3, 0.4) is 0 Å². The minimum absolute atomic E-state index is 0.262. The highest BCUT2D eigenvalue weighted by Gasteiger charge is 2.29. The molecule has 2 saturated carbocycles. The molecule has 184 valence electrons. The first-order valence-electron chi connectivity index (χ1n) is 12.8. The van der Waals surface area contributed by atoms with Crippen molar-refractivity contribution >= 4 is 32.6 Å². The molecule has 4 aromatic rings. The molecule has 0 radical (unpaired) electrons. The summed E-state index contributed by atoms with van der Waals surface area (Å²) in [6.07, 6.45) is 4.59. The molecule has 2 aliphatic carbocycles. The van der Waals surface area contributed by atoms with Gasteiger partial charge in [0, 0.05) is 11.8 Å². The van der Waals surface area contributed by atoms with Gasteiger partial charge in [0.1, 0.15) is 0 Å². The van der Waals surface area contributed by atoms with Gasteiger partial charge in [-0.05, 0) is 85.3 Å². The molecule has 0 atom stereocenters. The summed E-state index contributed by atoms with van der Waals surface area (Å²) in [7, 11) is -3.64. The second kappa shape index (κ2) is 9.91. The van der Waals surface area contributed by atoms with E-state index in [9.17, 15) is 8.42 Å². The second-order valence-corrected chi connectivity index (χ2v) is 11.7. The summed E-state index contributed by atoms with van der Waals surface area (Å²) >= 11 is 0. The van der Waals surface area contributed by atoms with Gasteiger partial charge in [-0.15, -0.1) is 0 Å². The van der Waals surface area contributed by atoms with Crippen LogP contribution in [0, 0.1) is 11.8 Å². The van der Waals surface area contributed by atoms with Crippen LogP contribution in [0.5, 0.6) is 0 Å². The molecule has 0 spiro atoms. The molecule has 4 nitrogen and oxygen atoms in total. The molecule has 4 aromatic carbocycles. The number of benzene rings is 4. The highest BCUT2D eigenvalue weighted by Crippen LogP contribution is 2.36. The van der Waals surface area contributed by atoms with Crippen LogP contribution in [-0.2, 0) is 9.84 Å². The van der Waals surface area contributed by atoms with Gasteiger partial charge in [0.05, 0.1) is 32.6 Å². The van der Waals surface area contributed by atoms with Crippen LogP contribution in [-0.4, -0.2) is 19.8 Å². The minimum Gasteiger partial charge on any atom is -0.253 e. The van der Waals surface area contributed by atoms with Gasteiger partial charge in [0.15, 0.2) is 0 Å². The molecule has 0 amide bonds. The van der Waals surface area contributed by atoms with Crippen LogP contribution >= 0.6 is 0 Å². The van der Waals surface area contributed by atoms with Crippen LogP contribution in [0.15, 0.2) is 129 Å². The van der Waals surface area contributed by atoms with Crippen LogP contribution in [0.2, 0.25) is 0 Å². The van der Waals surface area contributed by atoms with Crippen molar-refractivity contribution in [1.29, 1.82) is 0 Å². The van der Waals surface area contributed by atoms with Gasteiger partial charge in [-0.25, -0.2) is 8.42 Å². The van der Waals surface area contributed by atoms with E-state index in [-0.39, 0.29) is 9.79 Å². The fourth-order valence-electron chi connectivity index (χ4n) is 4.53. The lowest BCUT2D eigenvalue weighted by atomic mass is 10.1. The zero-order valence-electron chi connectivity index (χ0n) is 20.5. The summed E-state index contributed by atoms with van der Waals surface area (Å²) in [5, 5.41) is 0. The lowest BCUT2D eigenvalue weighted by molar-refractivity contribution is 0.596. The van der Waals surface area contributed by atoms with E-state index in [4.69, 9.17) is 9.98 Å². The topological polar surface area (TPSA) is 58.9 Å².